The van der Waals surface area contributed by atoms with Crippen molar-refractivity contribution < 1.29 is 4.79 Å². The Kier molecular flexibility index (Phi) is 5.56. The Morgan fingerprint density at radius 3 is 2.47 bits per heavy atom. The lowest BCUT2D eigenvalue weighted by molar-refractivity contribution is 0.140. The summed E-state index contributed by atoms with van der Waals surface area (Å²) < 4.78 is 2.13. The van der Waals surface area contributed by atoms with Gasteiger partial charge in [-0.05, 0) is 42.8 Å². The molecule has 2 amide bonds. The summed E-state index contributed by atoms with van der Waals surface area (Å²) in [6, 6.07) is 21.9. The maximum atomic E-state index is 12.7. The molecule has 1 N–H and O–H groups in total. The van der Waals surface area contributed by atoms with Crippen LogP contribution in [-0.2, 0) is 6.54 Å². The summed E-state index contributed by atoms with van der Waals surface area (Å²) >= 11 is 0. The maximum Gasteiger partial charge on any atom is 0.321 e. The summed E-state index contributed by atoms with van der Waals surface area (Å²) in [7, 11) is 0. The van der Waals surface area contributed by atoms with Crippen LogP contribution in [0.5, 0.6) is 0 Å². The van der Waals surface area contributed by atoms with Crippen LogP contribution in [0.15, 0.2) is 72.9 Å². The molecule has 7 heteroatoms. The van der Waals surface area contributed by atoms with Crippen molar-refractivity contribution in [2.75, 3.05) is 31.5 Å². The standard InChI is InChI=1S/C25H26N6O/c1-19-8-5-6-11-21(19)28-25(32)30-16-14-29(15-17-30)18-23-27-22-12-7-13-26-24(22)31(23)20-9-3-2-4-10-20/h2-13H,14-18H2,1H3,(H,28,32). The van der Waals surface area contributed by atoms with Gasteiger partial charge in [-0.25, -0.2) is 14.8 Å². The molecule has 0 spiro atoms. The van der Waals surface area contributed by atoms with E-state index in [4.69, 9.17) is 4.98 Å². The van der Waals surface area contributed by atoms with Gasteiger partial charge in [0.05, 0.1) is 6.54 Å². The molecule has 0 unspecified atom stereocenters. The summed E-state index contributed by atoms with van der Waals surface area (Å²) in [4.78, 5) is 26.4. The second kappa shape index (κ2) is 8.80. The maximum absolute atomic E-state index is 12.7. The number of aryl methyl sites for hydroxylation is 1. The largest absolute Gasteiger partial charge is 0.322 e. The molecule has 1 saturated heterocycles. The molecule has 0 saturated carbocycles. The van der Waals surface area contributed by atoms with Crippen LogP contribution in [0.25, 0.3) is 16.9 Å². The first-order chi connectivity index (χ1) is 15.7. The second-order valence-electron chi connectivity index (χ2n) is 8.05. The predicted octanol–water partition coefficient (Wildman–Crippen LogP) is 4.08. The van der Waals surface area contributed by atoms with Gasteiger partial charge >= 0.3 is 6.03 Å². The molecule has 162 valence electrons. The van der Waals surface area contributed by atoms with E-state index in [1.54, 1.807) is 6.20 Å². The summed E-state index contributed by atoms with van der Waals surface area (Å²) in [5, 5.41) is 3.04. The average Bonchev–Trinajstić information content (AvgIpc) is 3.19. The van der Waals surface area contributed by atoms with Gasteiger partial charge in [0.2, 0.25) is 0 Å². The van der Waals surface area contributed by atoms with Gasteiger partial charge in [-0.1, -0.05) is 36.4 Å². The number of nitrogens with zero attached hydrogens (tertiary/aromatic N) is 5. The Bertz CT molecular complexity index is 1230. The number of pyridine rings is 1. The van der Waals surface area contributed by atoms with Crippen molar-refractivity contribution in [2.45, 2.75) is 13.5 Å². The van der Waals surface area contributed by atoms with E-state index in [0.29, 0.717) is 19.6 Å². The van der Waals surface area contributed by atoms with Crippen LogP contribution in [0.2, 0.25) is 0 Å². The molecule has 1 aliphatic heterocycles. The van der Waals surface area contributed by atoms with Gasteiger partial charge < -0.3 is 10.2 Å². The molecule has 1 aliphatic rings. The highest BCUT2D eigenvalue weighted by molar-refractivity contribution is 5.90. The first-order valence-corrected chi connectivity index (χ1v) is 10.9. The number of nitrogens with one attached hydrogen (secondary N) is 1. The van der Waals surface area contributed by atoms with Crippen LogP contribution in [0.4, 0.5) is 10.5 Å². The number of fused-ring (bicyclic) bond motifs is 1. The monoisotopic (exact) mass is 426 g/mol. The number of imidazole rings is 1. The number of carbonyl (C=O) groups excluding carboxylic acids is 1. The van der Waals surface area contributed by atoms with Gasteiger partial charge in [0, 0.05) is 43.8 Å². The third kappa shape index (κ3) is 4.07. The Balaban J connectivity index is 1.29. The predicted molar refractivity (Wildman–Crippen MR) is 126 cm³/mol. The third-order valence-electron chi connectivity index (χ3n) is 5.91. The van der Waals surface area contributed by atoms with Crippen molar-refractivity contribution in [1.29, 1.82) is 0 Å². The smallest absolute Gasteiger partial charge is 0.321 e. The number of hydrogen-bond donors (Lipinski definition) is 1. The topological polar surface area (TPSA) is 66.3 Å². The molecular weight excluding hydrogens is 400 g/mol. The zero-order chi connectivity index (χ0) is 21.9. The van der Waals surface area contributed by atoms with Crippen molar-refractivity contribution >= 4 is 22.9 Å². The number of aromatic nitrogens is 3. The highest BCUT2D eigenvalue weighted by Crippen LogP contribution is 2.21. The fourth-order valence-corrected chi connectivity index (χ4v) is 4.13. The van der Waals surface area contributed by atoms with Gasteiger partial charge in [-0.3, -0.25) is 9.47 Å². The zero-order valence-corrected chi connectivity index (χ0v) is 18.1. The Labute approximate surface area is 187 Å². The fraction of sp³-hybridized carbons (Fsp3) is 0.240. The normalized spacial score (nSPS) is 14.6. The van der Waals surface area contributed by atoms with Crippen molar-refractivity contribution in [3.63, 3.8) is 0 Å². The molecule has 32 heavy (non-hydrogen) atoms. The van der Waals surface area contributed by atoms with Crippen molar-refractivity contribution in [1.82, 2.24) is 24.3 Å². The fourth-order valence-electron chi connectivity index (χ4n) is 4.13. The number of amides is 2. The van der Waals surface area contributed by atoms with Crippen LogP contribution < -0.4 is 5.32 Å². The van der Waals surface area contributed by atoms with Crippen molar-refractivity contribution in [3.05, 3.63) is 84.3 Å². The minimum atomic E-state index is -0.0420. The van der Waals surface area contributed by atoms with Gasteiger partial charge in [0.25, 0.3) is 0 Å². The van der Waals surface area contributed by atoms with E-state index in [1.807, 2.05) is 66.4 Å². The molecular formula is C25H26N6O. The summed E-state index contributed by atoms with van der Waals surface area (Å²) in [6.45, 7) is 5.67. The summed E-state index contributed by atoms with van der Waals surface area (Å²) in [5.41, 5.74) is 4.74. The van der Waals surface area contributed by atoms with Crippen LogP contribution in [0.3, 0.4) is 0 Å². The lowest BCUT2D eigenvalue weighted by Gasteiger charge is -2.34. The lowest BCUT2D eigenvalue weighted by atomic mass is 10.2. The van der Waals surface area contributed by atoms with E-state index in [0.717, 1.165) is 47.0 Å². The molecule has 4 aromatic rings. The summed E-state index contributed by atoms with van der Waals surface area (Å²) in [6.07, 6.45) is 1.80. The number of anilines is 1. The van der Waals surface area contributed by atoms with E-state index in [2.05, 4.69) is 31.9 Å². The average molecular weight is 427 g/mol. The molecule has 1 fully saturated rings. The number of para-hydroxylation sites is 2. The molecule has 0 radical (unpaired) electrons. The Morgan fingerprint density at radius 1 is 0.938 bits per heavy atom. The first-order valence-electron chi connectivity index (χ1n) is 10.9. The summed E-state index contributed by atoms with van der Waals surface area (Å²) in [5.74, 6) is 0.961. The van der Waals surface area contributed by atoms with E-state index in [1.165, 1.54) is 0 Å². The minimum absolute atomic E-state index is 0.0420. The highest BCUT2D eigenvalue weighted by Gasteiger charge is 2.23. The molecule has 0 aliphatic carbocycles. The number of rotatable bonds is 4. The van der Waals surface area contributed by atoms with Crippen LogP contribution in [0, 0.1) is 6.92 Å². The molecule has 7 nitrogen and oxygen atoms in total. The highest BCUT2D eigenvalue weighted by atomic mass is 16.2. The number of carbonyl (C=O) groups is 1. The number of benzene rings is 2. The van der Waals surface area contributed by atoms with Gasteiger partial charge in [0.15, 0.2) is 5.65 Å². The quantitative estimate of drug-likeness (QED) is 0.534. The third-order valence-corrected chi connectivity index (χ3v) is 5.91. The van der Waals surface area contributed by atoms with Crippen molar-refractivity contribution in [3.8, 4) is 5.69 Å². The van der Waals surface area contributed by atoms with E-state index < -0.39 is 0 Å². The van der Waals surface area contributed by atoms with Crippen LogP contribution >= 0.6 is 0 Å². The Morgan fingerprint density at radius 2 is 1.69 bits per heavy atom. The second-order valence-corrected chi connectivity index (χ2v) is 8.05. The van der Waals surface area contributed by atoms with E-state index in [-0.39, 0.29) is 6.03 Å². The zero-order valence-electron chi connectivity index (χ0n) is 18.1. The van der Waals surface area contributed by atoms with Crippen LogP contribution in [0.1, 0.15) is 11.4 Å². The lowest BCUT2D eigenvalue weighted by Crippen LogP contribution is -2.49. The molecule has 5 rings (SSSR count). The van der Waals surface area contributed by atoms with Crippen molar-refractivity contribution in [2.24, 2.45) is 0 Å². The number of urea groups is 1. The number of hydrogen-bond acceptors (Lipinski definition) is 4. The molecule has 2 aromatic heterocycles. The van der Waals surface area contributed by atoms with Gasteiger partial charge in [0.1, 0.15) is 11.3 Å². The number of piperazine rings is 1. The van der Waals surface area contributed by atoms with Crippen LogP contribution in [-0.4, -0.2) is 56.5 Å². The van der Waals surface area contributed by atoms with E-state index >= 15 is 0 Å². The van der Waals surface area contributed by atoms with Gasteiger partial charge in [-0.15, -0.1) is 0 Å². The minimum Gasteiger partial charge on any atom is -0.322 e. The van der Waals surface area contributed by atoms with Gasteiger partial charge in [-0.2, -0.15) is 0 Å². The molecule has 2 aromatic carbocycles. The molecule has 0 atom stereocenters. The molecule has 3 heterocycles. The Hall–Kier alpha value is -3.71. The van der Waals surface area contributed by atoms with E-state index in [9.17, 15) is 4.79 Å². The first kappa shape index (κ1) is 20.2. The molecule has 0 bridgehead atoms. The SMILES string of the molecule is Cc1ccccc1NC(=O)N1CCN(Cc2nc3cccnc3n2-c2ccccc2)CC1.